The van der Waals surface area contributed by atoms with E-state index in [9.17, 15) is 4.79 Å². The highest BCUT2D eigenvalue weighted by molar-refractivity contribution is 6.30. The van der Waals surface area contributed by atoms with E-state index in [1.807, 2.05) is 24.3 Å². The molecule has 0 aromatic heterocycles. The smallest absolute Gasteiger partial charge is 0.337 e. The van der Waals surface area contributed by atoms with Crippen molar-refractivity contribution in [3.05, 3.63) is 59.1 Å². The average Bonchev–Trinajstić information content (AvgIpc) is 2.63. The van der Waals surface area contributed by atoms with E-state index in [0.29, 0.717) is 18.2 Å². The minimum absolute atomic E-state index is 0.334. The fraction of sp³-hybridized carbons (Fsp3) is 0.350. The number of rotatable bonds is 9. The molecule has 0 amide bonds. The SMILES string of the molecule is CCCC(CCOc1ccc(C(=O)OC)cc1)Nc1ccc(Cl)cc1. The molecule has 1 unspecified atom stereocenters. The number of hydrogen-bond donors (Lipinski definition) is 1. The van der Waals surface area contributed by atoms with Crippen molar-refractivity contribution in [1.29, 1.82) is 0 Å². The molecule has 1 atom stereocenters. The minimum atomic E-state index is -0.346. The van der Waals surface area contributed by atoms with E-state index in [1.54, 1.807) is 24.3 Å². The maximum Gasteiger partial charge on any atom is 0.337 e. The van der Waals surface area contributed by atoms with Gasteiger partial charge in [0.25, 0.3) is 0 Å². The van der Waals surface area contributed by atoms with Crippen LogP contribution in [0.5, 0.6) is 5.75 Å². The normalized spacial score (nSPS) is 11.6. The first kappa shape index (κ1) is 19.1. The Morgan fingerprint density at radius 1 is 1.08 bits per heavy atom. The Morgan fingerprint density at radius 2 is 1.76 bits per heavy atom. The molecule has 0 aliphatic carbocycles. The second-order valence-electron chi connectivity index (χ2n) is 5.79. The third-order valence-corrected chi connectivity index (χ3v) is 4.11. The zero-order valence-corrected chi connectivity index (χ0v) is 15.4. The van der Waals surface area contributed by atoms with Gasteiger partial charge in [0.15, 0.2) is 0 Å². The van der Waals surface area contributed by atoms with E-state index in [0.717, 1.165) is 35.7 Å². The van der Waals surface area contributed by atoms with Gasteiger partial charge in [-0.2, -0.15) is 0 Å². The van der Waals surface area contributed by atoms with Crippen LogP contribution in [0.2, 0.25) is 5.02 Å². The van der Waals surface area contributed by atoms with Gasteiger partial charge in [0, 0.05) is 23.2 Å². The topological polar surface area (TPSA) is 47.6 Å². The first-order chi connectivity index (χ1) is 12.1. The molecule has 2 aromatic rings. The quantitative estimate of drug-likeness (QED) is 0.625. The van der Waals surface area contributed by atoms with Gasteiger partial charge >= 0.3 is 5.97 Å². The second-order valence-corrected chi connectivity index (χ2v) is 6.23. The molecule has 0 aliphatic rings. The van der Waals surface area contributed by atoms with Crippen LogP contribution in [0.15, 0.2) is 48.5 Å². The number of anilines is 1. The maximum absolute atomic E-state index is 11.4. The summed E-state index contributed by atoms with van der Waals surface area (Å²) in [6.45, 7) is 2.77. The van der Waals surface area contributed by atoms with Crippen LogP contribution in [0.25, 0.3) is 0 Å². The highest BCUT2D eigenvalue weighted by Gasteiger charge is 2.09. The van der Waals surface area contributed by atoms with Gasteiger partial charge in [0.1, 0.15) is 5.75 Å². The Balaban J connectivity index is 1.84. The van der Waals surface area contributed by atoms with E-state index >= 15 is 0 Å². The molecule has 25 heavy (non-hydrogen) atoms. The molecule has 0 saturated carbocycles. The van der Waals surface area contributed by atoms with Crippen LogP contribution < -0.4 is 10.1 Å². The number of nitrogens with one attached hydrogen (secondary N) is 1. The molecule has 2 aromatic carbocycles. The Bertz CT molecular complexity index is 656. The molecule has 4 nitrogen and oxygen atoms in total. The summed E-state index contributed by atoms with van der Waals surface area (Å²) in [7, 11) is 1.37. The predicted molar refractivity (Wildman–Crippen MR) is 102 cm³/mol. The Labute approximate surface area is 154 Å². The summed E-state index contributed by atoms with van der Waals surface area (Å²) in [4.78, 5) is 11.4. The van der Waals surface area contributed by atoms with Crippen LogP contribution >= 0.6 is 11.6 Å². The number of halogens is 1. The molecule has 0 fully saturated rings. The molecule has 0 saturated heterocycles. The van der Waals surface area contributed by atoms with E-state index < -0.39 is 0 Å². The van der Waals surface area contributed by atoms with E-state index in [2.05, 4.69) is 17.0 Å². The standard InChI is InChI=1S/C20H24ClNO3/c1-3-4-17(22-18-9-7-16(21)8-10-18)13-14-25-19-11-5-15(6-12-19)20(23)24-2/h5-12,17,22H,3-4,13-14H2,1-2H3. The summed E-state index contributed by atoms with van der Waals surface area (Å²) < 4.78 is 10.5. The fourth-order valence-corrected chi connectivity index (χ4v) is 2.67. The second kappa shape index (κ2) is 9.94. The lowest BCUT2D eigenvalue weighted by Gasteiger charge is -2.19. The first-order valence-electron chi connectivity index (χ1n) is 8.45. The van der Waals surface area contributed by atoms with Crippen molar-refractivity contribution in [2.24, 2.45) is 0 Å². The lowest BCUT2D eigenvalue weighted by atomic mass is 10.1. The molecule has 5 heteroatoms. The van der Waals surface area contributed by atoms with E-state index in [4.69, 9.17) is 16.3 Å². The highest BCUT2D eigenvalue weighted by atomic mass is 35.5. The van der Waals surface area contributed by atoms with Gasteiger partial charge in [-0.25, -0.2) is 4.79 Å². The van der Waals surface area contributed by atoms with Gasteiger partial charge in [-0.05, 0) is 55.0 Å². The van der Waals surface area contributed by atoms with Crippen molar-refractivity contribution in [3.63, 3.8) is 0 Å². The van der Waals surface area contributed by atoms with Gasteiger partial charge < -0.3 is 14.8 Å². The summed E-state index contributed by atoms with van der Waals surface area (Å²) in [5.41, 5.74) is 1.58. The number of methoxy groups -OCH3 is 1. The molecular weight excluding hydrogens is 338 g/mol. The summed E-state index contributed by atoms with van der Waals surface area (Å²) in [5.74, 6) is 0.399. The molecule has 0 aliphatic heterocycles. The number of ether oxygens (including phenoxy) is 2. The number of carbonyl (C=O) groups is 1. The van der Waals surface area contributed by atoms with E-state index in [1.165, 1.54) is 7.11 Å². The van der Waals surface area contributed by atoms with Crippen LogP contribution in [-0.4, -0.2) is 25.7 Å². The Morgan fingerprint density at radius 3 is 2.36 bits per heavy atom. The van der Waals surface area contributed by atoms with Gasteiger partial charge in [-0.1, -0.05) is 24.9 Å². The van der Waals surface area contributed by atoms with Crippen molar-refractivity contribution < 1.29 is 14.3 Å². The maximum atomic E-state index is 11.4. The van der Waals surface area contributed by atoms with Gasteiger partial charge in [0.2, 0.25) is 0 Å². The van der Waals surface area contributed by atoms with Crippen LogP contribution in [0, 0.1) is 0 Å². The summed E-state index contributed by atoms with van der Waals surface area (Å²) in [6, 6.07) is 15.0. The lowest BCUT2D eigenvalue weighted by molar-refractivity contribution is 0.0600. The average molecular weight is 362 g/mol. The van der Waals surface area contributed by atoms with Crippen molar-refractivity contribution in [1.82, 2.24) is 0 Å². The molecule has 0 spiro atoms. The lowest BCUT2D eigenvalue weighted by Crippen LogP contribution is -2.22. The van der Waals surface area contributed by atoms with Crippen molar-refractivity contribution >= 4 is 23.3 Å². The largest absolute Gasteiger partial charge is 0.494 e. The monoisotopic (exact) mass is 361 g/mol. The minimum Gasteiger partial charge on any atom is -0.494 e. The summed E-state index contributed by atoms with van der Waals surface area (Å²) in [6.07, 6.45) is 3.04. The third-order valence-electron chi connectivity index (χ3n) is 3.86. The summed E-state index contributed by atoms with van der Waals surface area (Å²) >= 11 is 5.92. The molecule has 0 bridgehead atoms. The van der Waals surface area contributed by atoms with Crippen molar-refractivity contribution in [3.8, 4) is 5.75 Å². The number of esters is 1. The molecular formula is C20H24ClNO3. The molecule has 134 valence electrons. The third kappa shape index (κ3) is 6.31. The van der Waals surface area contributed by atoms with Gasteiger partial charge in [0.05, 0.1) is 19.3 Å². The van der Waals surface area contributed by atoms with E-state index in [-0.39, 0.29) is 5.97 Å². The van der Waals surface area contributed by atoms with Gasteiger partial charge in [-0.15, -0.1) is 0 Å². The molecule has 2 rings (SSSR count). The van der Waals surface area contributed by atoms with Crippen LogP contribution in [0.3, 0.4) is 0 Å². The molecule has 1 N–H and O–H groups in total. The zero-order chi connectivity index (χ0) is 18.1. The zero-order valence-electron chi connectivity index (χ0n) is 14.6. The molecule has 0 heterocycles. The first-order valence-corrected chi connectivity index (χ1v) is 8.83. The van der Waals surface area contributed by atoms with Crippen LogP contribution in [0.1, 0.15) is 36.5 Å². The molecule has 0 radical (unpaired) electrons. The Kier molecular flexibility index (Phi) is 7.61. The number of carbonyl (C=O) groups excluding carboxylic acids is 1. The number of benzene rings is 2. The van der Waals surface area contributed by atoms with Gasteiger partial charge in [-0.3, -0.25) is 0 Å². The van der Waals surface area contributed by atoms with Crippen molar-refractivity contribution in [2.45, 2.75) is 32.2 Å². The number of hydrogen-bond acceptors (Lipinski definition) is 4. The Hall–Kier alpha value is -2.20. The predicted octanol–water partition coefficient (Wildman–Crippen LogP) is 5.18. The fourth-order valence-electron chi connectivity index (χ4n) is 2.54. The van der Waals surface area contributed by atoms with Crippen LogP contribution in [-0.2, 0) is 4.74 Å². The van der Waals surface area contributed by atoms with Crippen LogP contribution in [0.4, 0.5) is 5.69 Å². The highest BCUT2D eigenvalue weighted by Crippen LogP contribution is 2.18. The summed E-state index contributed by atoms with van der Waals surface area (Å²) in [5, 5.41) is 4.26. The van der Waals surface area contributed by atoms with Crippen molar-refractivity contribution in [2.75, 3.05) is 19.0 Å².